The summed E-state index contributed by atoms with van der Waals surface area (Å²) in [6, 6.07) is 14.9. The van der Waals surface area contributed by atoms with Crippen LogP contribution in [0.15, 0.2) is 78.7 Å². The van der Waals surface area contributed by atoms with Gasteiger partial charge in [-0.1, -0.05) is 12.1 Å². The van der Waals surface area contributed by atoms with Crippen molar-refractivity contribution in [3.63, 3.8) is 0 Å². The molecule has 0 atom stereocenters. The lowest BCUT2D eigenvalue weighted by atomic mass is 10.2. The summed E-state index contributed by atoms with van der Waals surface area (Å²) in [6.45, 7) is 0.998. The molecule has 3 aromatic heterocycles. The average Bonchev–Trinajstić information content (AvgIpc) is 3.31. The molecule has 0 fully saturated rings. The number of carbonyl (C=O) groups excluding carboxylic acids is 1. The predicted octanol–water partition coefficient (Wildman–Crippen LogP) is 4.54. The number of thiazole rings is 1. The zero-order valence-electron chi connectivity index (χ0n) is 16.9. The Morgan fingerprint density at radius 3 is 2.77 bits per heavy atom. The third kappa shape index (κ3) is 5.96. The monoisotopic (exact) mass is 430 g/mol. The van der Waals surface area contributed by atoms with Gasteiger partial charge in [-0.25, -0.2) is 4.98 Å². The molecule has 1 aromatic carbocycles. The van der Waals surface area contributed by atoms with E-state index in [9.17, 15) is 4.79 Å². The van der Waals surface area contributed by atoms with Crippen LogP contribution in [0, 0.1) is 0 Å². The van der Waals surface area contributed by atoms with Crippen molar-refractivity contribution >= 4 is 17.2 Å². The summed E-state index contributed by atoms with van der Waals surface area (Å²) in [5, 5.41) is 6.09. The number of hydrogen-bond acceptors (Lipinski definition) is 6. The van der Waals surface area contributed by atoms with Gasteiger partial charge in [0.25, 0.3) is 5.91 Å². The van der Waals surface area contributed by atoms with Crippen LogP contribution in [0.1, 0.15) is 27.3 Å². The van der Waals surface area contributed by atoms with Gasteiger partial charge in [0.15, 0.2) is 0 Å². The van der Waals surface area contributed by atoms with E-state index < -0.39 is 0 Å². The Labute approximate surface area is 185 Å². The molecule has 0 radical (unpaired) electrons. The van der Waals surface area contributed by atoms with Crippen LogP contribution in [0.3, 0.4) is 0 Å². The third-order valence-electron chi connectivity index (χ3n) is 4.61. The van der Waals surface area contributed by atoms with Crippen molar-refractivity contribution in [2.24, 2.45) is 0 Å². The van der Waals surface area contributed by atoms with Gasteiger partial charge in [-0.15, -0.1) is 11.3 Å². The summed E-state index contributed by atoms with van der Waals surface area (Å²) in [7, 11) is 0. The minimum absolute atomic E-state index is 0.108. The number of hydrogen-bond donors (Lipinski definition) is 1. The first kappa shape index (κ1) is 20.7. The van der Waals surface area contributed by atoms with Gasteiger partial charge in [-0.3, -0.25) is 14.8 Å². The van der Waals surface area contributed by atoms with Crippen LogP contribution in [0.2, 0.25) is 0 Å². The average molecular weight is 431 g/mol. The number of aryl methyl sites for hydroxylation is 1. The van der Waals surface area contributed by atoms with Crippen molar-refractivity contribution in [1.29, 1.82) is 0 Å². The normalized spacial score (nSPS) is 10.6. The Balaban J connectivity index is 1.23. The number of pyridine rings is 2. The molecular weight excluding hydrogens is 408 g/mol. The molecule has 7 heteroatoms. The quantitative estimate of drug-likeness (QED) is 0.395. The van der Waals surface area contributed by atoms with E-state index in [1.165, 1.54) is 0 Å². The molecule has 0 aliphatic heterocycles. The van der Waals surface area contributed by atoms with Crippen LogP contribution in [-0.4, -0.2) is 27.4 Å². The first-order valence-corrected chi connectivity index (χ1v) is 10.9. The lowest BCUT2D eigenvalue weighted by Crippen LogP contribution is -2.24. The first-order chi connectivity index (χ1) is 15.3. The van der Waals surface area contributed by atoms with Gasteiger partial charge in [-0.2, -0.15) is 0 Å². The highest BCUT2D eigenvalue weighted by molar-refractivity contribution is 7.09. The number of ether oxygens (including phenoxy) is 1. The largest absolute Gasteiger partial charge is 0.489 e. The number of nitrogens with zero attached hydrogens (tertiary/aromatic N) is 3. The van der Waals surface area contributed by atoms with Crippen molar-refractivity contribution < 1.29 is 9.53 Å². The number of aromatic nitrogens is 3. The molecule has 0 spiro atoms. The van der Waals surface area contributed by atoms with Gasteiger partial charge < -0.3 is 10.1 Å². The molecule has 0 saturated heterocycles. The number of nitrogens with one attached hydrogen (secondary N) is 1. The molecule has 0 bridgehead atoms. The van der Waals surface area contributed by atoms with Gasteiger partial charge in [-0.05, 0) is 42.8 Å². The zero-order valence-corrected chi connectivity index (χ0v) is 17.7. The van der Waals surface area contributed by atoms with Gasteiger partial charge in [0.2, 0.25) is 0 Å². The van der Waals surface area contributed by atoms with Gasteiger partial charge in [0, 0.05) is 59.8 Å². The topological polar surface area (TPSA) is 77.0 Å². The van der Waals surface area contributed by atoms with Crippen LogP contribution >= 0.6 is 11.3 Å². The maximum atomic E-state index is 12.5. The Kier molecular flexibility index (Phi) is 6.97. The molecule has 4 rings (SSSR count). The second kappa shape index (κ2) is 10.4. The van der Waals surface area contributed by atoms with Gasteiger partial charge >= 0.3 is 0 Å². The number of amides is 1. The van der Waals surface area contributed by atoms with Crippen molar-refractivity contribution in [2.75, 3.05) is 6.54 Å². The Morgan fingerprint density at radius 2 is 1.94 bits per heavy atom. The van der Waals surface area contributed by atoms with E-state index in [0.717, 1.165) is 34.7 Å². The molecule has 156 valence electrons. The molecular formula is C24H22N4O2S. The Bertz CT molecular complexity index is 1120. The molecule has 6 nitrogen and oxygen atoms in total. The highest BCUT2D eigenvalue weighted by atomic mass is 32.1. The maximum Gasteiger partial charge on any atom is 0.251 e. The van der Waals surface area contributed by atoms with E-state index in [-0.39, 0.29) is 5.91 Å². The molecule has 1 amide bonds. The lowest BCUT2D eigenvalue weighted by molar-refractivity contribution is 0.0952. The molecule has 3 heterocycles. The smallest absolute Gasteiger partial charge is 0.251 e. The first-order valence-electron chi connectivity index (χ1n) is 10.0. The number of rotatable bonds is 9. The maximum absolute atomic E-state index is 12.5. The third-order valence-corrected chi connectivity index (χ3v) is 5.51. The molecule has 0 aliphatic rings. The molecule has 31 heavy (non-hydrogen) atoms. The summed E-state index contributed by atoms with van der Waals surface area (Å²) >= 11 is 1.64. The zero-order chi connectivity index (χ0) is 21.3. The van der Waals surface area contributed by atoms with Crippen molar-refractivity contribution in [1.82, 2.24) is 20.3 Å². The summed E-state index contributed by atoms with van der Waals surface area (Å²) in [5.74, 6) is 0.548. The van der Waals surface area contributed by atoms with Crippen molar-refractivity contribution in [3.8, 4) is 17.0 Å². The fourth-order valence-electron chi connectivity index (χ4n) is 3.00. The molecule has 1 N–H and O–H groups in total. The van der Waals surface area contributed by atoms with E-state index in [2.05, 4.69) is 25.6 Å². The summed E-state index contributed by atoms with van der Waals surface area (Å²) in [4.78, 5) is 25.3. The van der Waals surface area contributed by atoms with Crippen LogP contribution in [-0.2, 0) is 13.0 Å². The van der Waals surface area contributed by atoms with E-state index >= 15 is 0 Å². The summed E-state index contributed by atoms with van der Waals surface area (Å²) < 4.78 is 5.77. The minimum Gasteiger partial charge on any atom is -0.489 e. The van der Waals surface area contributed by atoms with E-state index in [1.54, 1.807) is 48.3 Å². The highest BCUT2D eigenvalue weighted by Crippen LogP contribution is 2.21. The molecule has 0 unspecified atom stereocenters. The van der Waals surface area contributed by atoms with Gasteiger partial charge in [0.05, 0.1) is 10.7 Å². The van der Waals surface area contributed by atoms with E-state index in [0.29, 0.717) is 24.5 Å². The number of carbonyl (C=O) groups is 1. The number of benzene rings is 1. The van der Waals surface area contributed by atoms with Gasteiger partial charge in [0.1, 0.15) is 12.4 Å². The molecule has 0 saturated carbocycles. The Morgan fingerprint density at radius 1 is 1.03 bits per heavy atom. The summed E-state index contributed by atoms with van der Waals surface area (Å²) in [6.07, 6.45) is 8.67. The van der Waals surface area contributed by atoms with Crippen LogP contribution in [0.25, 0.3) is 11.3 Å². The Hall–Kier alpha value is -3.58. The SMILES string of the molecule is O=C(NCCCc1nc(-c2ccncc2)cs1)c1cccc(OCc2cccnc2)c1. The standard InChI is InChI=1S/C24H22N4O2S/c29-24(20-5-1-6-21(14-20)30-16-18-4-2-10-26-15-18)27-11-3-7-23-28-22(17-31-23)19-8-12-25-13-9-19/h1-2,4-6,8-10,12-15,17H,3,7,11,16H2,(H,27,29). The minimum atomic E-state index is -0.108. The molecule has 0 aliphatic carbocycles. The van der Waals surface area contributed by atoms with Crippen LogP contribution in [0.5, 0.6) is 5.75 Å². The second-order valence-corrected chi connectivity index (χ2v) is 7.84. The predicted molar refractivity (Wildman–Crippen MR) is 121 cm³/mol. The van der Waals surface area contributed by atoms with Crippen molar-refractivity contribution in [2.45, 2.75) is 19.4 Å². The lowest BCUT2D eigenvalue weighted by Gasteiger charge is -2.08. The fraction of sp³-hybridized carbons (Fsp3) is 0.167. The van der Waals surface area contributed by atoms with Crippen LogP contribution in [0.4, 0.5) is 0 Å². The van der Waals surface area contributed by atoms with Crippen molar-refractivity contribution in [3.05, 3.63) is 94.8 Å². The summed E-state index contributed by atoms with van der Waals surface area (Å²) in [5.41, 5.74) is 3.59. The second-order valence-electron chi connectivity index (χ2n) is 6.90. The van der Waals surface area contributed by atoms with Crippen LogP contribution < -0.4 is 10.1 Å². The fourth-order valence-corrected chi connectivity index (χ4v) is 3.85. The highest BCUT2D eigenvalue weighted by Gasteiger charge is 2.08. The van der Waals surface area contributed by atoms with E-state index in [1.807, 2.05) is 36.4 Å². The van der Waals surface area contributed by atoms with E-state index in [4.69, 9.17) is 4.74 Å². The molecule has 4 aromatic rings.